The summed E-state index contributed by atoms with van der Waals surface area (Å²) in [6.07, 6.45) is 1.81. The number of hydrogen-bond acceptors (Lipinski definition) is 2. The molecular weight excluding hydrogens is 210 g/mol. The van der Waals surface area contributed by atoms with Gasteiger partial charge in [0.05, 0.1) is 12.2 Å². The number of benzene rings is 1. The summed E-state index contributed by atoms with van der Waals surface area (Å²) < 4.78 is 1.88. The number of nitrogens with two attached hydrogens (primary N) is 1. The van der Waals surface area contributed by atoms with E-state index in [0.29, 0.717) is 0 Å². The number of nitrogen functional groups attached to an aromatic ring is 1. The molecule has 0 bridgehead atoms. The number of aryl methyl sites for hydroxylation is 3. The third-order valence-electron chi connectivity index (χ3n) is 3.27. The fourth-order valence-electron chi connectivity index (χ4n) is 2.19. The van der Waals surface area contributed by atoms with Crippen molar-refractivity contribution >= 4 is 5.82 Å². The summed E-state index contributed by atoms with van der Waals surface area (Å²) in [5, 5.41) is 4.35. The molecule has 2 rings (SSSR count). The van der Waals surface area contributed by atoms with Gasteiger partial charge in [-0.1, -0.05) is 23.8 Å². The van der Waals surface area contributed by atoms with Gasteiger partial charge in [0.2, 0.25) is 0 Å². The third kappa shape index (κ3) is 2.05. The van der Waals surface area contributed by atoms with E-state index in [1.54, 1.807) is 0 Å². The monoisotopic (exact) mass is 229 g/mol. The van der Waals surface area contributed by atoms with Crippen molar-refractivity contribution in [2.24, 2.45) is 0 Å². The normalized spacial score (nSPS) is 12.7. The molecule has 0 aliphatic heterocycles. The summed E-state index contributed by atoms with van der Waals surface area (Å²) in [4.78, 5) is 0. The summed E-state index contributed by atoms with van der Waals surface area (Å²) in [5.74, 6) is 0.748. The number of hydrogen-bond donors (Lipinski definition) is 1. The molecule has 3 heteroatoms. The molecule has 0 saturated heterocycles. The topological polar surface area (TPSA) is 43.8 Å². The molecule has 1 atom stereocenters. The van der Waals surface area contributed by atoms with Crippen LogP contribution in [0.25, 0.3) is 0 Å². The predicted molar refractivity (Wildman–Crippen MR) is 71.1 cm³/mol. The van der Waals surface area contributed by atoms with E-state index in [9.17, 15) is 0 Å². The maximum Gasteiger partial charge on any atom is 0.125 e. The fraction of sp³-hybridized carbons (Fsp3) is 0.357. The molecule has 0 amide bonds. The molecule has 0 saturated carbocycles. The van der Waals surface area contributed by atoms with Gasteiger partial charge in [-0.3, -0.25) is 0 Å². The molecule has 90 valence electrons. The van der Waals surface area contributed by atoms with E-state index in [2.05, 4.69) is 44.1 Å². The molecule has 1 aromatic carbocycles. The first-order valence-electron chi connectivity index (χ1n) is 5.87. The summed E-state index contributed by atoms with van der Waals surface area (Å²) in [6, 6.07) is 6.65. The Hall–Kier alpha value is -1.77. The van der Waals surface area contributed by atoms with E-state index in [0.717, 1.165) is 11.4 Å². The van der Waals surface area contributed by atoms with E-state index >= 15 is 0 Å². The lowest BCUT2D eigenvalue weighted by Gasteiger charge is -2.17. The molecule has 17 heavy (non-hydrogen) atoms. The van der Waals surface area contributed by atoms with Gasteiger partial charge in [-0.25, -0.2) is 4.68 Å². The average Bonchev–Trinajstić information content (AvgIpc) is 2.59. The van der Waals surface area contributed by atoms with E-state index in [1.165, 1.54) is 16.7 Å². The molecule has 0 aliphatic carbocycles. The quantitative estimate of drug-likeness (QED) is 0.860. The Kier molecular flexibility index (Phi) is 2.92. The van der Waals surface area contributed by atoms with Crippen LogP contribution in [0.3, 0.4) is 0 Å². The Morgan fingerprint density at radius 3 is 2.41 bits per heavy atom. The third-order valence-corrected chi connectivity index (χ3v) is 3.27. The van der Waals surface area contributed by atoms with Gasteiger partial charge in [-0.15, -0.1) is 0 Å². The zero-order valence-electron chi connectivity index (χ0n) is 10.9. The minimum Gasteiger partial charge on any atom is -0.384 e. The van der Waals surface area contributed by atoms with E-state index in [-0.39, 0.29) is 6.04 Å². The molecule has 0 fully saturated rings. The van der Waals surface area contributed by atoms with Gasteiger partial charge < -0.3 is 5.73 Å². The van der Waals surface area contributed by atoms with Gasteiger partial charge in [0.1, 0.15) is 5.82 Å². The van der Waals surface area contributed by atoms with Crippen LogP contribution in [-0.4, -0.2) is 9.78 Å². The Labute approximate surface area is 102 Å². The van der Waals surface area contributed by atoms with E-state index in [4.69, 9.17) is 5.73 Å². The van der Waals surface area contributed by atoms with Gasteiger partial charge >= 0.3 is 0 Å². The average molecular weight is 229 g/mol. The second kappa shape index (κ2) is 4.24. The van der Waals surface area contributed by atoms with Crippen molar-refractivity contribution in [2.75, 3.05) is 5.73 Å². The Morgan fingerprint density at radius 1 is 1.18 bits per heavy atom. The van der Waals surface area contributed by atoms with Crippen molar-refractivity contribution < 1.29 is 0 Å². The Bertz CT molecular complexity index is 540. The van der Waals surface area contributed by atoms with Crippen LogP contribution in [0.1, 0.15) is 35.2 Å². The van der Waals surface area contributed by atoms with Crippen molar-refractivity contribution in [3.05, 3.63) is 46.6 Å². The zero-order chi connectivity index (χ0) is 12.6. The molecule has 3 nitrogen and oxygen atoms in total. The van der Waals surface area contributed by atoms with Crippen molar-refractivity contribution in [3.8, 4) is 0 Å². The summed E-state index contributed by atoms with van der Waals surface area (Å²) in [6.45, 7) is 8.34. The molecule has 0 aliphatic rings. The largest absolute Gasteiger partial charge is 0.384 e. The van der Waals surface area contributed by atoms with Crippen LogP contribution in [0.5, 0.6) is 0 Å². The highest BCUT2D eigenvalue weighted by Gasteiger charge is 2.14. The highest BCUT2D eigenvalue weighted by Crippen LogP contribution is 2.25. The predicted octanol–water partition coefficient (Wildman–Crippen LogP) is 3.00. The van der Waals surface area contributed by atoms with Gasteiger partial charge in [0.15, 0.2) is 0 Å². The molecule has 2 N–H and O–H groups in total. The molecule has 0 spiro atoms. The van der Waals surface area contributed by atoms with Crippen LogP contribution in [0.4, 0.5) is 5.82 Å². The van der Waals surface area contributed by atoms with Crippen molar-refractivity contribution in [2.45, 2.75) is 33.7 Å². The van der Waals surface area contributed by atoms with Crippen molar-refractivity contribution in [1.82, 2.24) is 9.78 Å². The van der Waals surface area contributed by atoms with Crippen molar-refractivity contribution in [1.29, 1.82) is 0 Å². The molecule has 0 radical (unpaired) electrons. The van der Waals surface area contributed by atoms with Crippen LogP contribution in [-0.2, 0) is 0 Å². The first-order chi connectivity index (χ1) is 8.00. The first kappa shape index (κ1) is 11.7. The first-order valence-corrected chi connectivity index (χ1v) is 5.87. The number of rotatable bonds is 2. The van der Waals surface area contributed by atoms with Gasteiger partial charge in [-0.2, -0.15) is 5.10 Å². The second-order valence-electron chi connectivity index (χ2n) is 4.69. The smallest absolute Gasteiger partial charge is 0.125 e. The fourth-order valence-corrected chi connectivity index (χ4v) is 2.19. The van der Waals surface area contributed by atoms with Crippen LogP contribution in [0.2, 0.25) is 0 Å². The molecule has 1 heterocycles. The number of nitrogens with zero attached hydrogens (tertiary/aromatic N) is 2. The summed E-state index contributed by atoms with van der Waals surface area (Å²) >= 11 is 0. The van der Waals surface area contributed by atoms with Gasteiger partial charge in [-0.05, 0) is 38.8 Å². The van der Waals surface area contributed by atoms with Crippen LogP contribution in [0.15, 0.2) is 24.4 Å². The lowest BCUT2D eigenvalue weighted by molar-refractivity contribution is 0.570. The Balaban J connectivity index is 2.43. The highest BCUT2D eigenvalue weighted by atomic mass is 15.3. The molecule has 2 aromatic rings. The molecule has 1 aromatic heterocycles. The minimum atomic E-state index is 0.171. The lowest BCUT2D eigenvalue weighted by Crippen LogP contribution is -2.12. The molecule has 1 unspecified atom stereocenters. The zero-order valence-corrected chi connectivity index (χ0v) is 10.9. The standard InChI is InChI=1S/C14H19N3/c1-9-5-6-13(10(2)7-9)12(4)17-14(15)11(3)8-16-17/h5-8,12H,15H2,1-4H3. The summed E-state index contributed by atoms with van der Waals surface area (Å²) in [5.41, 5.74) is 10.9. The SMILES string of the molecule is Cc1ccc(C(C)n2ncc(C)c2N)c(C)c1. The highest BCUT2D eigenvalue weighted by molar-refractivity contribution is 5.40. The minimum absolute atomic E-state index is 0.171. The number of aromatic nitrogens is 2. The van der Waals surface area contributed by atoms with Crippen molar-refractivity contribution in [3.63, 3.8) is 0 Å². The van der Waals surface area contributed by atoms with Crippen LogP contribution < -0.4 is 5.73 Å². The van der Waals surface area contributed by atoms with Crippen LogP contribution >= 0.6 is 0 Å². The van der Waals surface area contributed by atoms with E-state index in [1.807, 2.05) is 17.8 Å². The van der Waals surface area contributed by atoms with Gasteiger partial charge in [0.25, 0.3) is 0 Å². The lowest BCUT2D eigenvalue weighted by atomic mass is 10.0. The Morgan fingerprint density at radius 2 is 1.88 bits per heavy atom. The molecular formula is C14H19N3. The number of anilines is 1. The maximum atomic E-state index is 6.02. The van der Waals surface area contributed by atoms with E-state index < -0.39 is 0 Å². The van der Waals surface area contributed by atoms with Gasteiger partial charge in [0, 0.05) is 5.56 Å². The maximum absolute atomic E-state index is 6.02. The van der Waals surface area contributed by atoms with Crippen LogP contribution in [0, 0.1) is 20.8 Å². The summed E-state index contributed by atoms with van der Waals surface area (Å²) in [7, 11) is 0. The second-order valence-corrected chi connectivity index (χ2v) is 4.69.